The van der Waals surface area contributed by atoms with Gasteiger partial charge in [0.2, 0.25) is 5.89 Å². The summed E-state index contributed by atoms with van der Waals surface area (Å²) in [5.41, 5.74) is 0. The number of nitrogens with zero attached hydrogens (tertiary/aromatic N) is 3. The lowest BCUT2D eigenvalue weighted by molar-refractivity contribution is -0.298. The van der Waals surface area contributed by atoms with Crippen LogP contribution in [0.1, 0.15) is 44.3 Å². The maximum Gasteiger partial charge on any atom is 0.281 e. The molecule has 0 amide bonds. The van der Waals surface area contributed by atoms with Gasteiger partial charge in [-0.2, -0.15) is 0 Å². The molecule has 7 nitrogen and oxygen atoms in total. The summed E-state index contributed by atoms with van der Waals surface area (Å²) in [5.74, 6) is 0.374. The molecule has 134 valence electrons. The van der Waals surface area contributed by atoms with E-state index < -0.39 is 5.97 Å². The van der Waals surface area contributed by atoms with Gasteiger partial charge in [0.1, 0.15) is 5.76 Å². The molecule has 0 aliphatic carbocycles. The summed E-state index contributed by atoms with van der Waals surface area (Å²) in [6, 6.07) is 3.63. The lowest BCUT2D eigenvalue weighted by atomic mass is 10.2. The minimum absolute atomic E-state index is 0.0388. The first-order valence-corrected chi connectivity index (χ1v) is 9.25. The molecular weight excluding hydrogens is 342 g/mol. The number of anilines is 1. The second-order valence-electron chi connectivity index (χ2n) is 5.79. The van der Waals surface area contributed by atoms with E-state index in [1.54, 1.807) is 6.07 Å². The van der Waals surface area contributed by atoms with Crippen LogP contribution in [-0.2, 0) is 11.2 Å². The van der Waals surface area contributed by atoms with Gasteiger partial charge in [0.25, 0.3) is 5.22 Å². The van der Waals surface area contributed by atoms with Crippen LogP contribution >= 0.6 is 11.8 Å². The molecule has 25 heavy (non-hydrogen) atoms. The summed E-state index contributed by atoms with van der Waals surface area (Å²) in [6.45, 7) is 3.80. The van der Waals surface area contributed by atoms with Crippen LogP contribution in [0.25, 0.3) is 6.08 Å². The van der Waals surface area contributed by atoms with Crippen molar-refractivity contribution >= 4 is 29.7 Å². The largest absolute Gasteiger partial charge is 0.544 e. The fourth-order valence-electron chi connectivity index (χ4n) is 2.66. The molecule has 0 atom stereocenters. The number of aryl methyl sites for hydroxylation is 1. The molecule has 2 aromatic rings. The van der Waals surface area contributed by atoms with Crippen LogP contribution in [0.3, 0.4) is 0 Å². The molecule has 0 aromatic carbocycles. The Morgan fingerprint density at radius 3 is 2.64 bits per heavy atom. The average molecular weight is 362 g/mol. The van der Waals surface area contributed by atoms with E-state index >= 15 is 0 Å². The summed E-state index contributed by atoms with van der Waals surface area (Å²) in [4.78, 5) is 13.6. The number of carbonyl (C=O) groups is 1. The molecular formula is C17H20N3O4S-. The first-order valence-electron chi connectivity index (χ1n) is 8.43. The standard InChI is InChI=1S/C17H21N3O4S/c1-2-14-18-19-17(24-14)25-13(16(21)22)11-12-7-8-15(23-12)20-9-5-3-4-6-10-20/h7-8,11H,2-6,9-10H2,1H3,(H,21,22)/p-1/b13-11+. The highest BCUT2D eigenvalue weighted by Crippen LogP contribution is 2.29. The molecule has 0 unspecified atom stereocenters. The highest BCUT2D eigenvalue weighted by atomic mass is 32.2. The first kappa shape index (κ1) is 17.6. The van der Waals surface area contributed by atoms with E-state index in [0.717, 1.165) is 43.6 Å². The Labute approximate surface area is 150 Å². The number of carboxylic acids is 1. The second kappa shape index (κ2) is 8.24. The minimum Gasteiger partial charge on any atom is -0.544 e. The van der Waals surface area contributed by atoms with Crippen LogP contribution in [0.4, 0.5) is 5.88 Å². The quantitative estimate of drug-likeness (QED) is 0.571. The number of aliphatic carboxylic acids is 1. The number of hydrogen-bond donors (Lipinski definition) is 0. The normalized spacial score (nSPS) is 16.0. The number of furan rings is 1. The van der Waals surface area contributed by atoms with Crippen molar-refractivity contribution in [3.63, 3.8) is 0 Å². The molecule has 0 radical (unpaired) electrons. The van der Waals surface area contributed by atoms with Crippen molar-refractivity contribution in [3.05, 3.63) is 28.7 Å². The van der Waals surface area contributed by atoms with Crippen molar-refractivity contribution in [1.29, 1.82) is 0 Å². The molecule has 0 saturated carbocycles. The number of carboxylic acid groups (broad SMARTS) is 1. The Morgan fingerprint density at radius 2 is 2.00 bits per heavy atom. The van der Waals surface area contributed by atoms with Gasteiger partial charge in [-0.05, 0) is 36.7 Å². The van der Waals surface area contributed by atoms with Gasteiger partial charge in [0, 0.05) is 30.5 Å². The lowest BCUT2D eigenvalue weighted by Gasteiger charge is -2.18. The predicted molar refractivity (Wildman–Crippen MR) is 91.9 cm³/mol. The van der Waals surface area contributed by atoms with Crippen LogP contribution in [0, 0.1) is 0 Å². The maximum absolute atomic E-state index is 11.4. The summed E-state index contributed by atoms with van der Waals surface area (Å²) >= 11 is 0.861. The van der Waals surface area contributed by atoms with Crippen molar-refractivity contribution in [1.82, 2.24) is 10.2 Å². The SMILES string of the molecule is CCc1nnc(S/C(=C/c2ccc(N3CCCCCC3)o2)C(=O)[O-])o1. The van der Waals surface area contributed by atoms with Gasteiger partial charge in [0.15, 0.2) is 5.88 Å². The molecule has 3 rings (SSSR count). The molecule has 0 N–H and O–H groups in total. The van der Waals surface area contributed by atoms with Crippen LogP contribution in [-0.4, -0.2) is 29.3 Å². The van der Waals surface area contributed by atoms with E-state index in [-0.39, 0.29) is 10.1 Å². The molecule has 1 aliphatic heterocycles. The highest BCUT2D eigenvalue weighted by molar-refractivity contribution is 8.03. The van der Waals surface area contributed by atoms with Crippen LogP contribution in [0.15, 0.2) is 31.1 Å². The Kier molecular flexibility index (Phi) is 5.80. The Balaban J connectivity index is 1.75. The molecule has 8 heteroatoms. The van der Waals surface area contributed by atoms with Crippen molar-refractivity contribution < 1.29 is 18.7 Å². The Bertz CT molecular complexity index is 745. The summed E-state index contributed by atoms with van der Waals surface area (Å²) in [7, 11) is 0. The molecule has 1 aliphatic rings. The van der Waals surface area contributed by atoms with E-state index in [1.165, 1.54) is 18.9 Å². The monoisotopic (exact) mass is 362 g/mol. The minimum atomic E-state index is -1.31. The highest BCUT2D eigenvalue weighted by Gasteiger charge is 2.14. The predicted octanol–water partition coefficient (Wildman–Crippen LogP) is 2.49. The topological polar surface area (TPSA) is 95.4 Å². The van der Waals surface area contributed by atoms with Crippen molar-refractivity contribution in [2.45, 2.75) is 44.3 Å². The van der Waals surface area contributed by atoms with E-state index in [0.29, 0.717) is 18.1 Å². The first-order chi connectivity index (χ1) is 12.2. The Hall–Kier alpha value is -2.22. The van der Waals surface area contributed by atoms with Gasteiger partial charge in [-0.15, -0.1) is 10.2 Å². The zero-order valence-electron chi connectivity index (χ0n) is 14.1. The van der Waals surface area contributed by atoms with Gasteiger partial charge in [-0.3, -0.25) is 0 Å². The summed E-state index contributed by atoms with van der Waals surface area (Å²) < 4.78 is 11.1. The molecule has 1 saturated heterocycles. The van der Waals surface area contributed by atoms with Gasteiger partial charge in [0.05, 0.1) is 5.97 Å². The zero-order valence-corrected chi connectivity index (χ0v) is 14.9. The summed E-state index contributed by atoms with van der Waals surface area (Å²) in [6.07, 6.45) is 6.77. The molecule has 3 heterocycles. The average Bonchev–Trinajstić information content (AvgIpc) is 3.17. The van der Waals surface area contributed by atoms with Crippen molar-refractivity contribution in [2.24, 2.45) is 0 Å². The molecule has 0 bridgehead atoms. The Morgan fingerprint density at radius 1 is 1.24 bits per heavy atom. The van der Waals surface area contributed by atoms with Gasteiger partial charge >= 0.3 is 0 Å². The maximum atomic E-state index is 11.4. The fraction of sp³-hybridized carbons (Fsp3) is 0.471. The second-order valence-corrected chi connectivity index (χ2v) is 6.78. The van der Waals surface area contributed by atoms with E-state index in [2.05, 4.69) is 15.1 Å². The van der Waals surface area contributed by atoms with Crippen LogP contribution in [0.2, 0.25) is 0 Å². The van der Waals surface area contributed by atoms with E-state index in [1.807, 2.05) is 13.0 Å². The third kappa shape index (κ3) is 4.66. The zero-order chi connectivity index (χ0) is 17.6. The van der Waals surface area contributed by atoms with E-state index in [9.17, 15) is 9.90 Å². The molecule has 0 spiro atoms. The number of rotatable bonds is 6. The van der Waals surface area contributed by atoms with Crippen molar-refractivity contribution in [2.75, 3.05) is 18.0 Å². The van der Waals surface area contributed by atoms with E-state index in [4.69, 9.17) is 8.83 Å². The third-order valence-electron chi connectivity index (χ3n) is 3.95. The summed E-state index contributed by atoms with van der Waals surface area (Å²) in [5, 5.41) is 19.2. The van der Waals surface area contributed by atoms with Gasteiger partial charge in [-0.1, -0.05) is 19.8 Å². The molecule has 2 aromatic heterocycles. The number of hydrogen-bond acceptors (Lipinski definition) is 8. The number of thioether (sulfide) groups is 1. The van der Waals surface area contributed by atoms with Gasteiger partial charge in [-0.25, -0.2) is 0 Å². The third-order valence-corrected chi connectivity index (χ3v) is 4.80. The number of aromatic nitrogens is 2. The van der Waals surface area contributed by atoms with Crippen LogP contribution in [0.5, 0.6) is 0 Å². The number of carbonyl (C=O) groups excluding carboxylic acids is 1. The lowest BCUT2D eigenvalue weighted by Crippen LogP contribution is -2.23. The smallest absolute Gasteiger partial charge is 0.281 e. The fourth-order valence-corrected chi connectivity index (χ4v) is 3.32. The van der Waals surface area contributed by atoms with Gasteiger partial charge < -0.3 is 23.6 Å². The van der Waals surface area contributed by atoms with Crippen molar-refractivity contribution in [3.8, 4) is 0 Å². The molecule has 1 fully saturated rings. The van der Waals surface area contributed by atoms with Crippen LogP contribution < -0.4 is 10.0 Å².